The Morgan fingerprint density at radius 1 is 0.900 bits per heavy atom. The van der Waals surface area contributed by atoms with Crippen LogP contribution in [-0.4, -0.2) is 17.6 Å². The largest absolute Gasteiger partial charge is 0.623 e. The SMILES string of the molecule is COc1ccc(C2=[N+]([O-])C(c3ccc(C(F)(F)F)cc3)C2=Cc2ccccc2)cc1. The zero-order valence-electron chi connectivity index (χ0n) is 16.1. The number of methoxy groups -OCH3 is 1. The zero-order valence-corrected chi connectivity index (χ0v) is 16.1. The van der Waals surface area contributed by atoms with E-state index in [4.69, 9.17) is 4.74 Å². The number of benzene rings is 3. The first-order chi connectivity index (χ1) is 14.4. The molecule has 6 heteroatoms. The van der Waals surface area contributed by atoms with E-state index in [1.165, 1.54) is 12.1 Å². The number of hydroxylamine groups is 1. The van der Waals surface area contributed by atoms with Gasteiger partial charge in [-0.3, -0.25) is 0 Å². The molecule has 30 heavy (non-hydrogen) atoms. The molecule has 0 saturated heterocycles. The van der Waals surface area contributed by atoms with Crippen LogP contribution in [0.25, 0.3) is 6.08 Å². The van der Waals surface area contributed by atoms with Gasteiger partial charge >= 0.3 is 6.18 Å². The van der Waals surface area contributed by atoms with Crippen LogP contribution in [0.1, 0.15) is 28.3 Å². The van der Waals surface area contributed by atoms with Gasteiger partial charge in [0.05, 0.1) is 18.2 Å². The second kappa shape index (κ2) is 7.71. The van der Waals surface area contributed by atoms with Crippen LogP contribution in [0.3, 0.4) is 0 Å². The fraction of sp³-hybridized carbons (Fsp3) is 0.125. The first-order valence-electron chi connectivity index (χ1n) is 9.30. The lowest BCUT2D eigenvalue weighted by Gasteiger charge is -2.31. The Kier molecular flexibility index (Phi) is 5.08. The number of hydrogen-bond donors (Lipinski definition) is 0. The molecule has 0 spiro atoms. The number of rotatable bonds is 4. The van der Waals surface area contributed by atoms with Gasteiger partial charge in [-0.15, -0.1) is 0 Å². The molecule has 0 bridgehead atoms. The van der Waals surface area contributed by atoms with Gasteiger partial charge in [0.2, 0.25) is 11.8 Å². The molecule has 1 atom stereocenters. The Labute approximate surface area is 172 Å². The van der Waals surface area contributed by atoms with Gasteiger partial charge < -0.3 is 9.94 Å². The molecule has 0 N–H and O–H groups in total. The molecule has 0 saturated carbocycles. The van der Waals surface area contributed by atoms with E-state index in [1.54, 1.807) is 31.4 Å². The van der Waals surface area contributed by atoms with Crippen LogP contribution < -0.4 is 4.74 Å². The first-order valence-corrected chi connectivity index (χ1v) is 9.30. The van der Waals surface area contributed by atoms with Crippen molar-refractivity contribution in [3.05, 3.63) is 112 Å². The molecular formula is C24H18F3NO2. The van der Waals surface area contributed by atoms with E-state index >= 15 is 0 Å². The van der Waals surface area contributed by atoms with Gasteiger partial charge in [-0.2, -0.15) is 17.9 Å². The van der Waals surface area contributed by atoms with Crippen LogP contribution in [-0.2, 0) is 6.18 Å². The molecule has 0 aromatic heterocycles. The Morgan fingerprint density at radius 3 is 2.10 bits per heavy atom. The molecule has 0 aliphatic carbocycles. The van der Waals surface area contributed by atoms with Crippen molar-refractivity contribution in [2.45, 2.75) is 12.2 Å². The van der Waals surface area contributed by atoms with Gasteiger partial charge in [-0.05, 0) is 48.0 Å². The highest BCUT2D eigenvalue weighted by Gasteiger charge is 2.43. The Morgan fingerprint density at radius 2 is 1.53 bits per heavy atom. The van der Waals surface area contributed by atoms with Crippen molar-refractivity contribution < 1.29 is 22.6 Å². The van der Waals surface area contributed by atoms with Crippen LogP contribution in [0.15, 0.2) is 84.4 Å². The molecule has 3 aromatic carbocycles. The molecule has 1 aliphatic heterocycles. The summed E-state index contributed by atoms with van der Waals surface area (Å²) >= 11 is 0. The van der Waals surface area contributed by atoms with Gasteiger partial charge in [0.25, 0.3) is 0 Å². The molecule has 0 amide bonds. The summed E-state index contributed by atoms with van der Waals surface area (Å²) in [6, 6.07) is 20.7. The molecule has 1 aliphatic rings. The smallest absolute Gasteiger partial charge is 0.416 e. The zero-order chi connectivity index (χ0) is 21.3. The van der Waals surface area contributed by atoms with Crippen molar-refractivity contribution >= 4 is 11.8 Å². The van der Waals surface area contributed by atoms with Crippen molar-refractivity contribution in [2.75, 3.05) is 7.11 Å². The highest BCUT2D eigenvalue weighted by atomic mass is 19.4. The quantitative estimate of drug-likeness (QED) is 0.400. The van der Waals surface area contributed by atoms with Crippen molar-refractivity contribution in [2.24, 2.45) is 0 Å². The maximum atomic E-state index is 13.0. The number of alkyl halides is 3. The summed E-state index contributed by atoms with van der Waals surface area (Å²) in [7, 11) is 1.56. The molecule has 0 radical (unpaired) electrons. The first kappa shape index (κ1) is 19.8. The monoisotopic (exact) mass is 409 g/mol. The summed E-state index contributed by atoms with van der Waals surface area (Å²) in [6.45, 7) is 0. The number of nitrogens with zero attached hydrogens (tertiary/aromatic N) is 1. The van der Waals surface area contributed by atoms with Crippen LogP contribution in [0, 0.1) is 5.21 Å². The highest BCUT2D eigenvalue weighted by molar-refractivity contribution is 6.15. The Balaban J connectivity index is 1.78. The fourth-order valence-electron chi connectivity index (χ4n) is 3.53. The standard InChI is InChI=1S/C24H18F3NO2/c1-30-20-13-9-18(10-14-20)23-21(15-16-5-3-2-4-6-16)22(28(23)29)17-7-11-19(12-8-17)24(25,26)27/h2-15,22H,1H3. The normalized spacial score (nSPS) is 17.7. The van der Waals surface area contributed by atoms with E-state index < -0.39 is 17.8 Å². The van der Waals surface area contributed by atoms with Gasteiger partial charge in [0, 0.05) is 11.1 Å². The third-order valence-electron chi connectivity index (χ3n) is 5.06. The topological polar surface area (TPSA) is 35.3 Å². The number of ether oxygens (including phenoxy) is 1. The minimum absolute atomic E-state index is 0.492. The van der Waals surface area contributed by atoms with E-state index in [0.29, 0.717) is 17.0 Å². The van der Waals surface area contributed by atoms with E-state index in [2.05, 4.69) is 0 Å². The number of halogens is 3. The second-order valence-corrected chi connectivity index (χ2v) is 6.94. The van der Waals surface area contributed by atoms with Crippen molar-refractivity contribution in [1.82, 2.24) is 0 Å². The average molecular weight is 409 g/mol. The lowest BCUT2D eigenvalue weighted by Crippen LogP contribution is -2.38. The second-order valence-electron chi connectivity index (χ2n) is 6.94. The molecule has 4 rings (SSSR count). The van der Waals surface area contributed by atoms with Crippen molar-refractivity contribution in [3.8, 4) is 5.75 Å². The van der Waals surface area contributed by atoms with E-state index in [0.717, 1.165) is 33.6 Å². The maximum absolute atomic E-state index is 13.0. The van der Waals surface area contributed by atoms with Crippen LogP contribution >= 0.6 is 0 Å². The minimum atomic E-state index is -4.42. The predicted octanol–water partition coefficient (Wildman–Crippen LogP) is 5.85. The molecule has 3 nitrogen and oxygen atoms in total. The van der Waals surface area contributed by atoms with E-state index in [1.807, 2.05) is 36.4 Å². The van der Waals surface area contributed by atoms with Crippen molar-refractivity contribution in [1.29, 1.82) is 0 Å². The van der Waals surface area contributed by atoms with Gasteiger partial charge in [-0.25, -0.2) is 0 Å². The summed E-state index contributed by atoms with van der Waals surface area (Å²) in [4.78, 5) is 0. The third-order valence-corrected chi connectivity index (χ3v) is 5.06. The highest BCUT2D eigenvalue weighted by Crippen LogP contribution is 2.39. The maximum Gasteiger partial charge on any atom is 0.416 e. The van der Waals surface area contributed by atoms with Crippen molar-refractivity contribution in [3.63, 3.8) is 0 Å². The summed E-state index contributed by atoms with van der Waals surface area (Å²) in [5, 5.41) is 13.0. The molecular weight excluding hydrogens is 391 g/mol. The third kappa shape index (κ3) is 3.68. The molecule has 0 fully saturated rings. The van der Waals surface area contributed by atoms with Crippen LogP contribution in [0.5, 0.6) is 5.75 Å². The molecule has 1 unspecified atom stereocenters. The van der Waals surface area contributed by atoms with Crippen LogP contribution in [0.4, 0.5) is 13.2 Å². The van der Waals surface area contributed by atoms with Gasteiger partial charge in [0.15, 0.2) is 0 Å². The molecule has 1 heterocycles. The summed E-state index contributed by atoms with van der Waals surface area (Å²) in [6.07, 6.45) is -2.52. The van der Waals surface area contributed by atoms with Crippen LogP contribution in [0.2, 0.25) is 0 Å². The Hall–Kier alpha value is -3.54. The predicted molar refractivity (Wildman–Crippen MR) is 109 cm³/mol. The molecule has 3 aromatic rings. The minimum Gasteiger partial charge on any atom is -0.623 e. The van der Waals surface area contributed by atoms with E-state index in [-0.39, 0.29) is 0 Å². The lowest BCUT2D eigenvalue weighted by atomic mass is 9.84. The summed E-state index contributed by atoms with van der Waals surface area (Å²) < 4.78 is 44.7. The molecule has 152 valence electrons. The van der Waals surface area contributed by atoms with Gasteiger partial charge in [0.1, 0.15) is 5.75 Å². The number of hydrogen-bond acceptors (Lipinski definition) is 2. The van der Waals surface area contributed by atoms with Gasteiger partial charge in [-0.1, -0.05) is 42.5 Å². The lowest BCUT2D eigenvalue weighted by molar-refractivity contribution is -0.516. The summed E-state index contributed by atoms with van der Waals surface area (Å²) in [5.74, 6) is 0.670. The summed E-state index contributed by atoms with van der Waals surface area (Å²) in [5.41, 5.74) is 2.64. The van der Waals surface area contributed by atoms with E-state index in [9.17, 15) is 18.4 Å². The average Bonchev–Trinajstić information content (AvgIpc) is 2.74. The fourth-order valence-corrected chi connectivity index (χ4v) is 3.53. The Bertz CT molecular complexity index is 1100.